The molecule has 7 heteroatoms. The van der Waals surface area contributed by atoms with Gasteiger partial charge in [-0.05, 0) is 41.5 Å². The Morgan fingerprint density at radius 1 is 1.37 bits per heavy atom. The zero-order valence-electron chi connectivity index (χ0n) is 10.5. The van der Waals surface area contributed by atoms with Gasteiger partial charge in [0.15, 0.2) is 0 Å². The molecular weight excluding hydrogens is 244 g/mol. The average Bonchev–Trinajstić information content (AvgIpc) is 2.92. The van der Waals surface area contributed by atoms with E-state index in [0.29, 0.717) is 12.2 Å². The van der Waals surface area contributed by atoms with Gasteiger partial charge >= 0.3 is 0 Å². The van der Waals surface area contributed by atoms with Crippen molar-refractivity contribution >= 4 is 11.4 Å². The van der Waals surface area contributed by atoms with Crippen molar-refractivity contribution in [3.63, 3.8) is 0 Å². The Morgan fingerprint density at radius 3 is 2.95 bits per heavy atom. The number of tetrazole rings is 1. The zero-order valence-corrected chi connectivity index (χ0v) is 10.5. The first-order valence-corrected chi connectivity index (χ1v) is 6.30. The molecule has 0 saturated carbocycles. The molecule has 1 aromatic carbocycles. The molecule has 2 heterocycles. The monoisotopic (exact) mass is 260 g/mol. The molecule has 0 spiro atoms. The number of rotatable bonds is 2. The number of piperidine rings is 1. The highest BCUT2D eigenvalue weighted by atomic mass is 16.3. The lowest BCUT2D eigenvalue weighted by molar-refractivity contribution is 0.154. The third-order valence-electron chi connectivity index (χ3n) is 3.36. The minimum Gasteiger partial charge on any atom is -0.397 e. The van der Waals surface area contributed by atoms with Gasteiger partial charge in [0.05, 0.1) is 23.2 Å². The molecule has 2 aromatic rings. The maximum atomic E-state index is 9.72. The largest absolute Gasteiger partial charge is 0.397 e. The summed E-state index contributed by atoms with van der Waals surface area (Å²) < 4.78 is 1.56. The summed E-state index contributed by atoms with van der Waals surface area (Å²) in [6.07, 6.45) is 3.10. The smallest absolute Gasteiger partial charge is 0.143 e. The predicted octanol–water partition coefficient (Wildman–Crippen LogP) is 0.206. The summed E-state index contributed by atoms with van der Waals surface area (Å²) in [4.78, 5) is 2.12. The third-order valence-corrected chi connectivity index (χ3v) is 3.36. The zero-order chi connectivity index (χ0) is 13.2. The quantitative estimate of drug-likeness (QED) is 0.750. The lowest BCUT2D eigenvalue weighted by atomic mass is 10.1. The Kier molecular flexibility index (Phi) is 3.04. The number of aromatic nitrogens is 4. The molecule has 0 amide bonds. The normalized spacial score (nSPS) is 19.6. The number of hydrogen-bond acceptors (Lipinski definition) is 6. The average molecular weight is 260 g/mol. The molecule has 1 atom stereocenters. The fraction of sp³-hybridized carbons (Fsp3) is 0.417. The number of β-amino-alcohol motifs (C(OH)–C–C–N with tert-alkyl or cyclic N) is 1. The van der Waals surface area contributed by atoms with Gasteiger partial charge in [-0.25, -0.2) is 4.68 Å². The summed E-state index contributed by atoms with van der Waals surface area (Å²) in [6, 6.07) is 5.71. The summed E-state index contributed by atoms with van der Waals surface area (Å²) >= 11 is 0. The SMILES string of the molecule is Nc1cc(-n2cnnn2)ccc1N1CCC[C@@H](O)C1. The minimum atomic E-state index is -0.271. The van der Waals surface area contributed by atoms with E-state index in [0.717, 1.165) is 30.8 Å². The molecule has 0 radical (unpaired) electrons. The topological polar surface area (TPSA) is 93.1 Å². The van der Waals surface area contributed by atoms with Crippen LogP contribution in [0.25, 0.3) is 5.69 Å². The Hall–Kier alpha value is -2.15. The maximum Gasteiger partial charge on any atom is 0.143 e. The van der Waals surface area contributed by atoms with Crippen LogP contribution < -0.4 is 10.6 Å². The number of nitrogen functional groups attached to an aromatic ring is 1. The molecule has 1 saturated heterocycles. The van der Waals surface area contributed by atoms with Crippen LogP contribution in [0.15, 0.2) is 24.5 Å². The molecule has 1 fully saturated rings. The van der Waals surface area contributed by atoms with Gasteiger partial charge in [-0.1, -0.05) is 0 Å². The number of nitrogens with two attached hydrogens (primary N) is 1. The van der Waals surface area contributed by atoms with Crippen LogP contribution >= 0.6 is 0 Å². The van der Waals surface area contributed by atoms with E-state index in [1.54, 1.807) is 4.68 Å². The first-order valence-electron chi connectivity index (χ1n) is 6.30. The van der Waals surface area contributed by atoms with Crippen LogP contribution in [0, 0.1) is 0 Å². The lowest BCUT2D eigenvalue weighted by Gasteiger charge is -2.32. The number of benzene rings is 1. The molecule has 1 aliphatic heterocycles. The summed E-state index contributed by atoms with van der Waals surface area (Å²) in [6.45, 7) is 1.56. The van der Waals surface area contributed by atoms with Crippen LogP contribution in [0.3, 0.4) is 0 Å². The van der Waals surface area contributed by atoms with Crippen molar-refractivity contribution in [1.82, 2.24) is 20.2 Å². The highest BCUT2D eigenvalue weighted by Crippen LogP contribution is 2.28. The summed E-state index contributed by atoms with van der Waals surface area (Å²) in [5, 5.41) is 20.7. The molecule has 7 nitrogen and oxygen atoms in total. The van der Waals surface area contributed by atoms with Crippen LogP contribution in [0.5, 0.6) is 0 Å². The van der Waals surface area contributed by atoms with E-state index in [1.807, 2.05) is 18.2 Å². The summed E-state index contributed by atoms with van der Waals surface area (Å²) in [5.74, 6) is 0. The second-order valence-corrected chi connectivity index (χ2v) is 4.74. The maximum absolute atomic E-state index is 9.72. The second kappa shape index (κ2) is 4.85. The first kappa shape index (κ1) is 11.9. The Balaban J connectivity index is 1.87. The van der Waals surface area contributed by atoms with E-state index >= 15 is 0 Å². The lowest BCUT2D eigenvalue weighted by Crippen LogP contribution is -2.38. The Bertz CT molecular complexity index is 555. The number of aliphatic hydroxyl groups excluding tert-OH is 1. The molecular formula is C12H16N6O. The molecule has 1 aromatic heterocycles. The minimum absolute atomic E-state index is 0.271. The number of nitrogens with zero attached hydrogens (tertiary/aromatic N) is 5. The van der Waals surface area contributed by atoms with Gasteiger partial charge in [0, 0.05) is 13.1 Å². The van der Waals surface area contributed by atoms with Crippen LogP contribution in [-0.2, 0) is 0 Å². The van der Waals surface area contributed by atoms with Gasteiger partial charge in [0.2, 0.25) is 0 Å². The first-order chi connectivity index (χ1) is 9.24. The molecule has 3 N–H and O–H groups in total. The summed E-state index contributed by atoms with van der Waals surface area (Å²) in [5.41, 5.74) is 8.54. The van der Waals surface area contributed by atoms with Crippen molar-refractivity contribution in [3.8, 4) is 5.69 Å². The van der Waals surface area contributed by atoms with Crippen LogP contribution in [-0.4, -0.2) is 44.5 Å². The summed E-state index contributed by atoms with van der Waals surface area (Å²) in [7, 11) is 0. The van der Waals surface area contributed by atoms with Crippen molar-refractivity contribution in [1.29, 1.82) is 0 Å². The molecule has 19 heavy (non-hydrogen) atoms. The molecule has 1 aliphatic rings. The van der Waals surface area contributed by atoms with Crippen LogP contribution in [0.2, 0.25) is 0 Å². The molecule has 0 bridgehead atoms. The van der Waals surface area contributed by atoms with E-state index in [4.69, 9.17) is 5.73 Å². The predicted molar refractivity (Wildman–Crippen MR) is 71.0 cm³/mol. The second-order valence-electron chi connectivity index (χ2n) is 4.74. The van der Waals surface area contributed by atoms with Gasteiger partial charge in [-0.2, -0.15) is 0 Å². The highest BCUT2D eigenvalue weighted by Gasteiger charge is 2.19. The molecule has 0 unspecified atom stereocenters. The fourth-order valence-corrected chi connectivity index (χ4v) is 2.43. The van der Waals surface area contributed by atoms with Crippen LogP contribution in [0.4, 0.5) is 11.4 Å². The van der Waals surface area contributed by atoms with Gasteiger partial charge < -0.3 is 15.7 Å². The Morgan fingerprint density at radius 2 is 2.26 bits per heavy atom. The van der Waals surface area contributed by atoms with E-state index in [1.165, 1.54) is 6.33 Å². The standard InChI is InChI=1S/C12H16N6O/c13-11-6-9(18-8-14-15-16-18)3-4-12(11)17-5-1-2-10(19)7-17/h3-4,6,8,10,19H,1-2,5,7,13H2/t10-/m1/s1. The van der Waals surface area contributed by atoms with Crippen molar-refractivity contribution in [2.45, 2.75) is 18.9 Å². The molecule has 3 rings (SSSR count). The Labute approximate surface area is 110 Å². The van der Waals surface area contributed by atoms with Crippen molar-refractivity contribution in [3.05, 3.63) is 24.5 Å². The third kappa shape index (κ3) is 2.37. The van der Waals surface area contributed by atoms with Crippen LogP contribution in [0.1, 0.15) is 12.8 Å². The van der Waals surface area contributed by atoms with E-state index in [-0.39, 0.29) is 6.10 Å². The van der Waals surface area contributed by atoms with Gasteiger partial charge in [-0.3, -0.25) is 0 Å². The van der Waals surface area contributed by atoms with Crippen molar-refractivity contribution in [2.24, 2.45) is 0 Å². The van der Waals surface area contributed by atoms with E-state index in [9.17, 15) is 5.11 Å². The molecule has 100 valence electrons. The number of aliphatic hydroxyl groups is 1. The van der Waals surface area contributed by atoms with Gasteiger partial charge in [0.25, 0.3) is 0 Å². The van der Waals surface area contributed by atoms with Gasteiger partial charge in [-0.15, -0.1) is 5.10 Å². The van der Waals surface area contributed by atoms with Crippen molar-refractivity contribution in [2.75, 3.05) is 23.7 Å². The van der Waals surface area contributed by atoms with Gasteiger partial charge in [0.1, 0.15) is 6.33 Å². The van der Waals surface area contributed by atoms with E-state index < -0.39 is 0 Å². The van der Waals surface area contributed by atoms with Crippen molar-refractivity contribution < 1.29 is 5.11 Å². The number of anilines is 2. The number of hydrogen-bond donors (Lipinski definition) is 2. The molecule has 0 aliphatic carbocycles. The fourth-order valence-electron chi connectivity index (χ4n) is 2.43. The highest BCUT2D eigenvalue weighted by molar-refractivity contribution is 5.70. The van der Waals surface area contributed by atoms with E-state index in [2.05, 4.69) is 20.4 Å².